The molecule has 4 heteroatoms. The van der Waals surface area contributed by atoms with Crippen LogP contribution >= 0.6 is 22.6 Å². The molecule has 0 heterocycles. The van der Waals surface area contributed by atoms with Crippen LogP contribution in [0.5, 0.6) is 0 Å². The van der Waals surface area contributed by atoms with Crippen molar-refractivity contribution in [3.63, 3.8) is 0 Å². The molecule has 3 nitrogen and oxygen atoms in total. The lowest BCUT2D eigenvalue weighted by atomic mass is 10.1. The van der Waals surface area contributed by atoms with E-state index in [0.29, 0.717) is 10.8 Å². The third kappa shape index (κ3) is 10.7. The summed E-state index contributed by atoms with van der Waals surface area (Å²) in [5, 5.41) is 9.35. The Balaban J connectivity index is 3.21. The molecule has 0 saturated heterocycles. The molecule has 0 spiro atoms. The summed E-state index contributed by atoms with van der Waals surface area (Å²) in [7, 11) is 0. The van der Waals surface area contributed by atoms with Gasteiger partial charge in [0.15, 0.2) is 0 Å². The highest BCUT2D eigenvalue weighted by atomic mass is 127. The van der Waals surface area contributed by atoms with Crippen molar-refractivity contribution < 1.29 is 14.6 Å². The van der Waals surface area contributed by atoms with E-state index in [1.807, 2.05) is 22.6 Å². The average Bonchev–Trinajstić information content (AvgIpc) is 2.27. The number of rotatable bonds is 10. The smallest absolute Gasteiger partial charge is 0.318 e. The summed E-state index contributed by atoms with van der Waals surface area (Å²) >= 11 is 1.92. The maximum atomic E-state index is 10.8. The molecule has 0 amide bonds. The molecule has 0 fully saturated rings. The third-order valence-corrected chi connectivity index (χ3v) is 3.05. The fourth-order valence-electron chi connectivity index (χ4n) is 1.52. The zero-order chi connectivity index (χ0) is 12.2. The van der Waals surface area contributed by atoms with Crippen LogP contribution in [0.3, 0.4) is 0 Å². The molecule has 1 atom stereocenters. The number of unbranched alkanes of at least 4 members (excludes halogenated alkanes) is 6. The van der Waals surface area contributed by atoms with Gasteiger partial charge in [-0.15, -0.1) is 0 Å². The van der Waals surface area contributed by atoms with Crippen molar-refractivity contribution in [1.29, 1.82) is 0 Å². The standard InChI is InChI=1S/C12H23IO3/c1-2-3-4-5-6-7-8-9-11(14)16-12(15)10-13/h11,14H,2-10H2,1H3. The van der Waals surface area contributed by atoms with Gasteiger partial charge in [0.25, 0.3) is 0 Å². The second-order valence-electron chi connectivity index (χ2n) is 3.99. The molecule has 1 unspecified atom stereocenters. The van der Waals surface area contributed by atoms with Crippen molar-refractivity contribution in [3.05, 3.63) is 0 Å². The van der Waals surface area contributed by atoms with Gasteiger partial charge in [-0.1, -0.05) is 68.0 Å². The Labute approximate surface area is 112 Å². The van der Waals surface area contributed by atoms with Crippen molar-refractivity contribution in [2.45, 2.75) is 64.6 Å². The number of esters is 1. The summed E-state index contributed by atoms with van der Waals surface area (Å²) in [6.07, 6.45) is 8.09. The molecule has 0 aliphatic carbocycles. The maximum Gasteiger partial charge on any atom is 0.318 e. The van der Waals surface area contributed by atoms with Crippen LogP contribution in [-0.2, 0) is 9.53 Å². The number of hydrogen-bond donors (Lipinski definition) is 1. The molecule has 0 aromatic rings. The monoisotopic (exact) mass is 342 g/mol. The second kappa shape index (κ2) is 11.6. The minimum atomic E-state index is -0.905. The first-order valence-corrected chi connectivity index (χ1v) is 7.66. The zero-order valence-electron chi connectivity index (χ0n) is 10.1. The van der Waals surface area contributed by atoms with Crippen LogP contribution in [0.15, 0.2) is 0 Å². The number of halogens is 1. The molecule has 0 aromatic carbocycles. The van der Waals surface area contributed by atoms with Gasteiger partial charge in [0, 0.05) is 6.42 Å². The van der Waals surface area contributed by atoms with E-state index in [1.165, 1.54) is 32.1 Å². The van der Waals surface area contributed by atoms with E-state index in [4.69, 9.17) is 4.74 Å². The zero-order valence-corrected chi connectivity index (χ0v) is 12.2. The number of carbonyl (C=O) groups is 1. The van der Waals surface area contributed by atoms with Crippen molar-refractivity contribution in [3.8, 4) is 0 Å². The fourth-order valence-corrected chi connectivity index (χ4v) is 1.70. The number of aliphatic hydroxyl groups excluding tert-OH is 1. The Morgan fingerprint density at radius 1 is 1.19 bits per heavy atom. The normalized spacial score (nSPS) is 12.4. The Bertz CT molecular complexity index is 174. The molecule has 0 aliphatic rings. The van der Waals surface area contributed by atoms with Crippen molar-refractivity contribution in [2.24, 2.45) is 0 Å². The molecule has 0 aromatic heterocycles. The van der Waals surface area contributed by atoms with E-state index in [2.05, 4.69) is 6.92 Å². The Morgan fingerprint density at radius 2 is 1.75 bits per heavy atom. The van der Waals surface area contributed by atoms with E-state index in [0.717, 1.165) is 12.8 Å². The SMILES string of the molecule is CCCCCCCCCC(O)OC(=O)CI. The fraction of sp³-hybridized carbons (Fsp3) is 0.917. The summed E-state index contributed by atoms with van der Waals surface area (Å²) < 4.78 is 5.05. The van der Waals surface area contributed by atoms with Crippen molar-refractivity contribution in [1.82, 2.24) is 0 Å². The van der Waals surface area contributed by atoms with Gasteiger partial charge >= 0.3 is 5.97 Å². The lowest BCUT2D eigenvalue weighted by Crippen LogP contribution is -2.18. The van der Waals surface area contributed by atoms with Crippen molar-refractivity contribution in [2.75, 3.05) is 4.43 Å². The molecule has 0 bridgehead atoms. The van der Waals surface area contributed by atoms with E-state index in [1.54, 1.807) is 0 Å². The van der Waals surface area contributed by atoms with Crippen LogP contribution in [0.4, 0.5) is 0 Å². The second-order valence-corrected chi connectivity index (χ2v) is 4.75. The first kappa shape index (κ1) is 16.2. The van der Waals surface area contributed by atoms with Gasteiger partial charge in [0.05, 0.1) is 4.43 Å². The highest BCUT2D eigenvalue weighted by Gasteiger charge is 2.08. The van der Waals surface area contributed by atoms with Gasteiger partial charge in [-0.3, -0.25) is 4.79 Å². The van der Waals surface area contributed by atoms with Crippen LogP contribution in [0.25, 0.3) is 0 Å². The van der Waals surface area contributed by atoms with E-state index in [9.17, 15) is 9.90 Å². The average molecular weight is 342 g/mol. The molecule has 0 aliphatic heterocycles. The van der Waals surface area contributed by atoms with Crippen LogP contribution in [0, 0.1) is 0 Å². The van der Waals surface area contributed by atoms with E-state index < -0.39 is 6.29 Å². The lowest BCUT2D eigenvalue weighted by Gasteiger charge is -2.10. The molecule has 96 valence electrons. The quantitative estimate of drug-likeness (QED) is 0.218. The van der Waals surface area contributed by atoms with Gasteiger partial charge < -0.3 is 9.84 Å². The van der Waals surface area contributed by atoms with Gasteiger partial charge in [-0.05, 0) is 6.42 Å². The van der Waals surface area contributed by atoms with Gasteiger partial charge in [0.2, 0.25) is 6.29 Å². The maximum absolute atomic E-state index is 10.8. The summed E-state index contributed by atoms with van der Waals surface area (Å²) in [5.74, 6) is -0.337. The highest BCUT2D eigenvalue weighted by molar-refractivity contribution is 14.1. The summed E-state index contributed by atoms with van der Waals surface area (Å²) in [6, 6.07) is 0. The minimum absolute atomic E-state index is 0.297. The number of aliphatic hydroxyl groups is 1. The summed E-state index contributed by atoms with van der Waals surface area (Å²) in [6.45, 7) is 2.21. The first-order valence-electron chi connectivity index (χ1n) is 6.14. The Morgan fingerprint density at radius 3 is 2.31 bits per heavy atom. The molecule has 0 rings (SSSR count). The lowest BCUT2D eigenvalue weighted by molar-refractivity contribution is -0.165. The molecule has 16 heavy (non-hydrogen) atoms. The Kier molecular flexibility index (Phi) is 11.8. The van der Waals surface area contributed by atoms with E-state index in [-0.39, 0.29) is 5.97 Å². The van der Waals surface area contributed by atoms with Crippen LogP contribution in [0.2, 0.25) is 0 Å². The number of ether oxygens (including phenoxy) is 1. The molecule has 0 radical (unpaired) electrons. The minimum Gasteiger partial charge on any atom is -0.435 e. The van der Waals surface area contributed by atoms with Crippen molar-refractivity contribution >= 4 is 28.6 Å². The predicted octanol–water partition coefficient (Wildman–Crippen LogP) is 3.42. The topological polar surface area (TPSA) is 46.5 Å². The number of carbonyl (C=O) groups excluding carboxylic acids is 1. The first-order chi connectivity index (χ1) is 7.70. The van der Waals surface area contributed by atoms with Crippen LogP contribution in [0.1, 0.15) is 58.3 Å². The summed E-state index contributed by atoms with van der Waals surface area (Å²) in [4.78, 5) is 10.8. The van der Waals surface area contributed by atoms with E-state index >= 15 is 0 Å². The van der Waals surface area contributed by atoms with Crippen LogP contribution < -0.4 is 0 Å². The molecule has 0 saturated carbocycles. The predicted molar refractivity (Wildman–Crippen MR) is 73.6 cm³/mol. The van der Waals surface area contributed by atoms with Gasteiger partial charge in [-0.25, -0.2) is 0 Å². The largest absolute Gasteiger partial charge is 0.435 e. The number of hydrogen-bond acceptors (Lipinski definition) is 3. The highest BCUT2D eigenvalue weighted by Crippen LogP contribution is 2.10. The third-order valence-electron chi connectivity index (χ3n) is 2.43. The molecule has 1 N–H and O–H groups in total. The Hall–Kier alpha value is 0.160. The van der Waals surface area contributed by atoms with Crippen LogP contribution in [-0.4, -0.2) is 21.8 Å². The van der Waals surface area contributed by atoms with Gasteiger partial charge in [0.1, 0.15) is 0 Å². The summed E-state index contributed by atoms with van der Waals surface area (Å²) in [5.41, 5.74) is 0. The molecular weight excluding hydrogens is 319 g/mol. The number of alkyl halides is 1. The molecular formula is C12H23IO3. The van der Waals surface area contributed by atoms with Gasteiger partial charge in [-0.2, -0.15) is 0 Å².